The quantitative estimate of drug-likeness (QED) is 0.538. The Hall–Kier alpha value is -1.30. The molecule has 1 aromatic rings. The fourth-order valence-corrected chi connectivity index (χ4v) is 0.719. The van der Waals surface area contributed by atoms with E-state index in [0.717, 1.165) is 0 Å². The van der Waals surface area contributed by atoms with E-state index in [4.69, 9.17) is 0 Å². The van der Waals surface area contributed by atoms with E-state index in [1.165, 1.54) is 5.56 Å². The summed E-state index contributed by atoms with van der Waals surface area (Å²) in [6.07, 6.45) is 6.45. The van der Waals surface area contributed by atoms with Crippen molar-refractivity contribution in [2.45, 2.75) is 0 Å². The Kier molecular flexibility index (Phi) is 2.50. The average molecular weight is 129 g/mol. The van der Waals surface area contributed by atoms with Gasteiger partial charge in [0.25, 0.3) is 0 Å². The first-order chi connectivity index (χ1) is 4.93. The second-order valence-electron chi connectivity index (χ2n) is 1.95. The van der Waals surface area contributed by atoms with Crippen LogP contribution in [0.2, 0.25) is 0 Å². The Morgan fingerprint density at radius 1 is 1.20 bits per heavy atom. The van der Waals surface area contributed by atoms with Gasteiger partial charge in [0, 0.05) is 0 Å². The number of hydrogen-bond donors (Lipinski definition) is 0. The molecule has 0 heterocycles. The van der Waals surface area contributed by atoms with Crippen molar-refractivity contribution in [1.29, 1.82) is 0 Å². The topological polar surface area (TPSA) is 0 Å². The third-order valence-corrected chi connectivity index (χ3v) is 1.19. The fourth-order valence-electron chi connectivity index (χ4n) is 0.719. The normalized spacial score (nSPS) is 10.0. The van der Waals surface area contributed by atoms with Crippen LogP contribution in [0.15, 0.2) is 43.0 Å². The number of rotatable bonds is 2. The summed E-state index contributed by atoms with van der Waals surface area (Å²) >= 11 is 0. The first kappa shape index (κ1) is 6.81. The minimum Gasteiger partial charge on any atom is -0.0912 e. The van der Waals surface area contributed by atoms with Crippen molar-refractivity contribution in [3.8, 4) is 0 Å². The van der Waals surface area contributed by atoms with Gasteiger partial charge in [0.1, 0.15) is 0 Å². The molecule has 0 bridgehead atoms. The predicted octanol–water partition coefficient (Wildman–Crippen LogP) is 2.69. The summed E-state index contributed by atoms with van der Waals surface area (Å²) in [5.41, 5.74) is 1.18. The first-order valence-corrected chi connectivity index (χ1v) is 3.17. The van der Waals surface area contributed by atoms with Crippen LogP contribution in [0.3, 0.4) is 0 Å². The zero-order valence-electron chi connectivity index (χ0n) is 5.75. The lowest BCUT2D eigenvalue weighted by Gasteiger charge is -1.87. The lowest BCUT2D eigenvalue weighted by atomic mass is 10.2. The minimum absolute atomic E-state index is 1.18. The number of hydrogen-bond acceptors (Lipinski definition) is 0. The second kappa shape index (κ2) is 3.67. The van der Waals surface area contributed by atoms with Crippen LogP contribution >= 0.6 is 0 Å². The second-order valence-corrected chi connectivity index (χ2v) is 1.95. The van der Waals surface area contributed by atoms with Crippen LogP contribution in [0, 0.1) is 6.08 Å². The number of benzene rings is 1. The highest BCUT2D eigenvalue weighted by atomic mass is 13.8. The van der Waals surface area contributed by atoms with Gasteiger partial charge in [0.05, 0.1) is 0 Å². The molecule has 0 spiro atoms. The highest BCUT2D eigenvalue weighted by molar-refractivity contribution is 5.49. The molecule has 0 fully saturated rings. The summed E-state index contributed by atoms with van der Waals surface area (Å²) in [7, 11) is 0. The molecule has 10 heavy (non-hydrogen) atoms. The molecule has 0 N–H and O–H groups in total. The smallest absolute Gasteiger partial charge is 0.0256 e. The van der Waals surface area contributed by atoms with Gasteiger partial charge in [-0.25, -0.2) is 0 Å². The van der Waals surface area contributed by atoms with E-state index in [1.807, 2.05) is 36.4 Å². The molecule has 0 aliphatic carbocycles. The Morgan fingerprint density at radius 2 is 1.90 bits per heavy atom. The fraction of sp³-hybridized carbons (Fsp3) is 0. The molecule has 0 aliphatic rings. The van der Waals surface area contributed by atoms with Crippen LogP contribution in [0.1, 0.15) is 5.56 Å². The van der Waals surface area contributed by atoms with Crippen molar-refractivity contribution in [2.75, 3.05) is 0 Å². The summed E-state index contributed by atoms with van der Waals surface area (Å²) in [6, 6.07) is 10.1. The van der Waals surface area contributed by atoms with Gasteiger partial charge in [-0.3, -0.25) is 0 Å². The van der Waals surface area contributed by atoms with Crippen molar-refractivity contribution >= 4 is 6.08 Å². The van der Waals surface area contributed by atoms with Gasteiger partial charge in [-0.15, -0.1) is 0 Å². The van der Waals surface area contributed by atoms with E-state index < -0.39 is 0 Å². The summed E-state index contributed by atoms with van der Waals surface area (Å²) in [4.78, 5) is 0. The van der Waals surface area contributed by atoms with E-state index in [2.05, 4.69) is 12.7 Å². The average Bonchev–Trinajstić information content (AvgIpc) is 2.03. The molecular formula is C10H9. The van der Waals surface area contributed by atoms with Crippen LogP contribution in [0.5, 0.6) is 0 Å². The van der Waals surface area contributed by atoms with Crippen molar-refractivity contribution < 1.29 is 0 Å². The van der Waals surface area contributed by atoms with Gasteiger partial charge in [-0.1, -0.05) is 49.1 Å². The van der Waals surface area contributed by atoms with Crippen molar-refractivity contribution in [1.82, 2.24) is 0 Å². The molecule has 0 aliphatic heterocycles. The van der Waals surface area contributed by atoms with Gasteiger partial charge in [-0.05, 0) is 11.6 Å². The third-order valence-electron chi connectivity index (χ3n) is 1.19. The predicted molar refractivity (Wildman–Crippen MR) is 44.3 cm³/mol. The molecule has 0 nitrogen and oxygen atoms in total. The summed E-state index contributed by atoms with van der Waals surface area (Å²) in [5.74, 6) is 0. The van der Waals surface area contributed by atoms with Crippen molar-refractivity contribution in [2.24, 2.45) is 0 Å². The minimum atomic E-state index is 1.18. The Balaban J connectivity index is 2.76. The Labute approximate surface area is 61.5 Å². The molecule has 0 atom stereocenters. The summed E-state index contributed by atoms with van der Waals surface area (Å²) in [6.45, 7) is 3.46. The van der Waals surface area contributed by atoms with E-state index >= 15 is 0 Å². The lowest BCUT2D eigenvalue weighted by Crippen LogP contribution is -1.65. The summed E-state index contributed by atoms with van der Waals surface area (Å²) < 4.78 is 0. The maximum atomic E-state index is 3.46. The van der Waals surface area contributed by atoms with Gasteiger partial charge < -0.3 is 0 Å². The maximum absolute atomic E-state index is 3.46. The van der Waals surface area contributed by atoms with E-state index in [9.17, 15) is 0 Å². The van der Waals surface area contributed by atoms with Crippen molar-refractivity contribution in [3.05, 3.63) is 54.6 Å². The molecular weight excluding hydrogens is 120 g/mol. The van der Waals surface area contributed by atoms with Crippen LogP contribution in [0.25, 0.3) is 6.08 Å². The van der Waals surface area contributed by atoms with E-state index in [1.54, 1.807) is 6.08 Å². The molecule has 0 unspecified atom stereocenters. The van der Waals surface area contributed by atoms with Gasteiger partial charge in [0.15, 0.2) is 0 Å². The number of allylic oxidation sites excluding steroid dienone is 2. The van der Waals surface area contributed by atoms with Crippen LogP contribution in [-0.4, -0.2) is 0 Å². The Morgan fingerprint density at radius 3 is 2.50 bits per heavy atom. The molecule has 0 saturated heterocycles. The zero-order chi connectivity index (χ0) is 7.23. The van der Waals surface area contributed by atoms with E-state index in [0.29, 0.717) is 0 Å². The van der Waals surface area contributed by atoms with Gasteiger partial charge >= 0.3 is 0 Å². The Bertz CT molecular complexity index is 219. The standard InChI is InChI=1S/C10H9/c1-2-3-7-10-8-5-4-6-9-10/h3-9H,1H2. The molecule has 49 valence electrons. The van der Waals surface area contributed by atoms with Crippen molar-refractivity contribution in [3.63, 3.8) is 0 Å². The maximum Gasteiger partial charge on any atom is -0.0256 e. The monoisotopic (exact) mass is 129 g/mol. The van der Waals surface area contributed by atoms with Gasteiger partial charge in [0.2, 0.25) is 0 Å². The van der Waals surface area contributed by atoms with Gasteiger partial charge in [-0.2, -0.15) is 0 Å². The molecule has 1 aromatic carbocycles. The van der Waals surface area contributed by atoms with Crippen LogP contribution < -0.4 is 0 Å². The zero-order valence-corrected chi connectivity index (χ0v) is 5.75. The van der Waals surface area contributed by atoms with Crippen LogP contribution in [0.4, 0.5) is 0 Å². The molecule has 0 aromatic heterocycles. The third kappa shape index (κ3) is 1.90. The largest absolute Gasteiger partial charge is 0.0912 e. The SMILES string of the molecule is C=[C]C=Cc1ccccc1. The highest BCUT2D eigenvalue weighted by Gasteiger charge is 1.78. The molecule has 1 rings (SSSR count). The highest BCUT2D eigenvalue weighted by Crippen LogP contribution is 1.99. The molecule has 0 heteroatoms. The molecule has 0 saturated carbocycles. The first-order valence-electron chi connectivity index (χ1n) is 3.17. The molecule has 0 amide bonds. The van der Waals surface area contributed by atoms with Crippen LogP contribution in [-0.2, 0) is 0 Å². The summed E-state index contributed by atoms with van der Waals surface area (Å²) in [5, 5.41) is 0. The lowest BCUT2D eigenvalue weighted by molar-refractivity contribution is 1.66. The molecule has 1 radical (unpaired) electrons. The van der Waals surface area contributed by atoms with E-state index in [-0.39, 0.29) is 0 Å².